The van der Waals surface area contributed by atoms with Crippen LogP contribution in [0.1, 0.15) is 37.1 Å². The number of nitrogens with zero attached hydrogens (tertiary/aromatic N) is 2. The number of carbonyl (C=O) groups excluding carboxylic acids is 3. The van der Waals surface area contributed by atoms with Crippen LogP contribution >= 0.6 is 0 Å². The Balaban J connectivity index is 1.46. The molecular weight excluding hydrogens is 496 g/mol. The van der Waals surface area contributed by atoms with E-state index in [0.717, 1.165) is 23.3 Å². The van der Waals surface area contributed by atoms with E-state index in [-0.39, 0.29) is 36.4 Å². The Morgan fingerprint density at radius 2 is 1.89 bits per heavy atom. The summed E-state index contributed by atoms with van der Waals surface area (Å²) in [6.45, 7) is 4.16. The van der Waals surface area contributed by atoms with Crippen molar-refractivity contribution in [1.82, 2.24) is 10.5 Å². The summed E-state index contributed by atoms with van der Waals surface area (Å²) in [4.78, 5) is 39.3. The summed E-state index contributed by atoms with van der Waals surface area (Å²) in [6.07, 6.45) is 1.32. The summed E-state index contributed by atoms with van der Waals surface area (Å²) < 4.78 is 32.7. The Morgan fingerprint density at radius 3 is 2.61 bits per heavy atom. The summed E-state index contributed by atoms with van der Waals surface area (Å²) >= 11 is 0. The second-order valence-corrected chi connectivity index (χ2v) is 9.55. The minimum Gasteiger partial charge on any atom is -0.380 e. The average molecular weight is 524 g/mol. The molecule has 2 aliphatic heterocycles. The number of rotatable bonds is 6. The van der Waals surface area contributed by atoms with Gasteiger partial charge in [-0.25, -0.2) is 8.78 Å². The third-order valence-electron chi connectivity index (χ3n) is 6.90. The molecule has 3 heterocycles. The Morgan fingerprint density at radius 1 is 1.08 bits per heavy atom. The molecule has 5 rings (SSSR count). The van der Waals surface area contributed by atoms with Crippen LogP contribution in [0.15, 0.2) is 40.9 Å². The van der Waals surface area contributed by atoms with Gasteiger partial charge in [0.15, 0.2) is 11.6 Å². The fourth-order valence-electron chi connectivity index (χ4n) is 5.06. The quantitative estimate of drug-likeness (QED) is 0.449. The molecule has 3 aromatic rings. The van der Waals surface area contributed by atoms with Gasteiger partial charge in [0.25, 0.3) is 0 Å². The van der Waals surface area contributed by atoms with Crippen molar-refractivity contribution < 1.29 is 27.7 Å². The number of nitrogens with one attached hydrogen (secondary N) is 3. The monoisotopic (exact) mass is 523 g/mol. The molecule has 1 unspecified atom stereocenters. The topological polar surface area (TPSA) is 117 Å². The number of aromatic nitrogens is 1. The van der Waals surface area contributed by atoms with Gasteiger partial charge in [-0.15, -0.1) is 0 Å². The van der Waals surface area contributed by atoms with E-state index < -0.39 is 23.6 Å². The van der Waals surface area contributed by atoms with Crippen LogP contribution in [-0.4, -0.2) is 41.5 Å². The number of amides is 3. The zero-order valence-corrected chi connectivity index (χ0v) is 20.9. The van der Waals surface area contributed by atoms with Crippen molar-refractivity contribution in [1.29, 1.82) is 0 Å². The van der Waals surface area contributed by atoms with Gasteiger partial charge < -0.3 is 20.5 Å². The maximum atomic E-state index is 13.9. The maximum absolute atomic E-state index is 13.9. The first-order valence-electron chi connectivity index (χ1n) is 12.4. The van der Waals surface area contributed by atoms with Crippen molar-refractivity contribution in [3.8, 4) is 11.1 Å². The molecule has 0 bridgehead atoms. The highest BCUT2D eigenvalue weighted by atomic mass is 19.2. The molecule has 0 radical (unpaired) electrons. The van der Waals surface area contributed by atoms with Crippen LogP contribution in [0.25, 0.3) is 11.1 Å². The summed E-state index contributed by atoms with van der Waals surface area (Å²) in [5, 5.41) is 13.1. The SMILES string of the molecule is Cc1noc(C)c1-c1ccc(NC2CCNC(=O)C2)c(NC(=O)[C@@H]2CCC(=O)N2c2ccc(F)c(F)c2)c1. The number of aryl methyl sites for hydroxylation is 2. The summed E-state index contributed by atoms with van der Waals surface area (Å²) in [7, 11) is 0. The van der Waals surface area contributed by atoms with E-state index in [2.05, 4.69) is 21.1 Å². The molecule has 3 N–H and O–H groups in total. The summed E-state index contributed by atoms with van der Waals surface area (Å²) in [6, 6.07) is 7.56. The molecular formula is C27H27F2N5O4. The lowest BCUT2D eigenvalue weighted by atomic mass is 10.0. The molecule has 2 aliphatic rings. The van der Waals surface area contributed by atoms with Crippen LogP contribution in [0.2, 0.25) is 0 Å². The van der Waals surface area contributed by atoms with Gasteiger partial charge in [0.05, 0.1) is 17.1 Å². The normalized spacial score (nSPS) is 19.4. The highest BCUT2D eigenvalue weighted by molar-refractivity contribution is 6.08. The van der Waals surface area contributed by atoms with E-state index in [0.29, 0.717) is 42.2 Å². The van der Waals surface area contributed by atoms with Gasteiger partial charge in [0.1, 0.15) is 11.8 Å². The smallest absolute Gasteiger partial charge is 0.247 e. The van der Waals surface area contributed by atoms with Gasteiger partial charge in [0, 0.05) is 42.7 Å². The number of benzene rings is 2. The number of piperidine rings is 1. The predicted molar refractivity (Wildman–Crippen MR) is 137 cm³/mol. The lowest BCUT2D eigenvalue weighted by Gasteiger charge is -2.27. The molecule has 9 nitrogen and oxygen atoms in total. The van der Waals surface area contributed by atoms with E-state index in [4.69, 9.17) is 4.52 Å². The molecule has 2 saturated heterocycles. The third-order valence-corrected chi connectivity index (χ3v) is 6.90. The fourth-order valence-corrected chi connectivity index (χ4v) is 5.06. The molecule has 3 amide bonds. The Bertz CT molecular complexity index is 1400. The van der Waals surface area contributed by atoms with Crippen LogP contribution < -0.4 is 20.9 Å². The molecule has 198 valence electrons. The zero-order chi connectivity index (χ0) is 27.0. The molecule has 2 atom stereocenters. The van der Waals surface area contributed by atoms with E-state index in [9.17, 15) is 23.2 Å². The molecule has 1 aromatic heterocycles. The predicted octanol–water partition coefficient (Wildman–Crippen LogP) is 4.06. The molecule has 2 aromatic carbocycles. The zero-order valence-electron chi connectivity index (χ0n) is 20.9. The van der Waals surface area contributed by atoms with Crippen molar-refractivity contribution in [3.05, 3.63) is 59.5 Å². The van der Waals surface area contributed by atoms with Crippen LogP contribution in [0.4, 0.5) is 25.8 Å². The highest BCUT2D eigenvalue weighted by Crippen LogP contribution is 2.35. The van der Waals surface area contributed by atoms with E-state index in [1.807, 2.05) is 19.1 Å². The summed E-state index contributed by atoms with van der Waals surface area (Å²) in [5.74, 6) is -2.40. The maximum Gasteiger partial charge on any atom is 0.247 e. The van der Waals surface area contributed by atoms with Gasteiger partial charge in [-0.1, -0.05) is 11.2 Å². The fraction of sp³-hybridized carbons (Fsp3) is 0.333. The van der Waals surface area contributed by atoms with Crippen molar-refractivity contribution in [2.24, 2.45) is 0 Å². The van der Waals surface area contributed by atoms with E-state index in [1.54, 1.807) is 13.0 Å². The first kappa shape index (κ1) is 25.4. The van der Waals surface area contributed by atoms with E-state index >= 15 is 0 Å². The first-order chi connectivity index (χ1) is 18.2. The van der Waals surface area contributed by atoms with Gasteiger partial charge >= 0.3 is 0 Å². The van der Waals surface area contributed by atoms with E-state index in [1.165, 1.54) is 11.0 Å². The number of carbonyl (C=O) groups is 3. The molecule has 38 heavy (non-hydrogen) atoms. The van der Waals surface area contributed by atoms with Crippen molar-refractivity contribution in [2.45, 2.75) is 51.6 Å². The Labute approximate surface area is 217 Å². The van der Waals surface area contributed by atoms with Gasteiger partial charge in [0.2, 0.25) is 17.7 Å². The molecule has 2 fully saturated rings. The largest absolute Gasteiger partial charge is 0.380 e. The third kappa shape index (κ3) is 4.96. The Kier molecular flexibility index (Phi) is 6.83. The van der Waals surface area contributed by atoms with Crippen molar-refractivity contribution >= 4 is 34.8 Å². The first-order valence-corrected chi connectivity index (χ1v) is 12.4. The minimum absolute atomic E-state index is 0.0571. The molecule has 0 spiro atoms. The number of anilines is 3. The second-order valence-electron chi connectivity index (χ2n) is 9.55. The average Bonchev–Trinajstić information content (AvgIpc) is 3.43. The number of hydrogen-bond donors (Lipinski definition) is 3. The van der Waals surface area contributed by atoms with Crippen LogP contribution in [-0.2, 0) is 14.4 Å². The van der Waals surface area contributed by atoms with Crippen LogP contribution in [0.3, 0.4) is 0 Å². The minimum atomic E-state index is -1.10. The van der Waals surface area contributed by atoms with Gasteiger partial charge in [-0.3, -0.25) is 19.3 Å². The van der Waals surface area contributed by atoms with Gasteiger partial charge in [-0.2, -0.15) is 0 Å². The molecule has 11 heteroatoms. The summed E-state index contributed by atoms with van der Waals surface area (Å²) in [5.41, 5.74) is 3.42. The lowest BCUT2D eigenvalue weighted by Crippen LogP contribution is -2.42. The molecule has 0 saturated carbocycles. The Hall–Kier alpha value is -4.28. The van der Waals surface area contributed by atoms with Crippen molar-refractivity contribution in [2.75, 3.05) is 22.1 Å². The lowest BCUT2D eigenvalue weighted by molar-refractivity contribution is -0.122. The van der Waals surface area contributed by atoms with Crippen molar-refractivity contribution in [3.63, 3.8) is 0 Å². The molecule has 0 aliphatic carbocycles. The van der Waals surface area contributed by atoms with Crippen LogP contribution in [0, 0.1) is 25.5 Å². The highest BCUT2D eigenvalue weighted by Gasteiger charge is 2.38. The standard InChI is InChI=1S/C27H27F2N5O4/c1-14-26(15(2)38-33-14)16-3-6-21(31-17-9-10-30-24(35)12-17)22(11-16)32-27(37)23-7-8-25(36)34(23)18-4-5-19(28)20(29)13-18/h3-6,11,13,17,23,31H,7-10,12H2,1-2H3,(H,30,35)(H,32,37)/t17?,23-/m0/s1. The number of hydrogen-bond acceptors (Lipinski definition) is 6. The number of halogens is 2. The second kappa shape index (κ2) is 10.2. The van der Waals surface area contributed by atoms with Gasteiger partial charge in [-0.05, 0) is 56.5 Å². The van der Waals surface area contributed by atoms with Crippen LogP contribution in [0.5, 0.6) is 0 Å².